The summed E-state index contributed by atoms with van der Waals surface area (Å²) in [7, 11) is 0. The van der Waals surface area contributed by atoms with Gasteiger partial charge in [0.25, 0.3) is 0 Å². The van der Waals surface area contributed by atoms with Crippen LogP contribution in [0, 0.1) is 0 Å². The molecule has 1 aliphatic carbocycles. The summed E-state index contributed by atoms with van der Waals surface area (Å²) in [6.45, 7) is 0. The van der Waals surface area contributed by atoms with Crippen molar-refractivity contribution < 1.29 is 5.11 Å². The minimum atomic E-state index is -0.765. The SMILES string of the molecule is OC1(c2ccc3ncccc3c2)CCc2ccccc2C1. The van der Waals surface area contributed by atoms with E-state index in [0.29, 0.717) is 6.42 Å². The van der Waals surface area contributed by atoms with Crippen molar-refractivity contribution in [2.24, 2.45) is 0 Å². The van der Waals surface area contributed by atoms with Crippen LogP contribution < -0.4 is 0 Å². The first-order valence-corrected chi connectivity index (χ1v) is 7.39. The van der Waals surface area contributed by atoms with Gasteiger partial charge in [-0.25, -0.2) is 0 Å². The van der Waals surface area contributed by atoms with Crippen molar-refractivity contribution in [2.75, 3.05) is 0 Å². The third-order valence-electron chi connectivity index (χ3n) is 4.55. The van der Waals surface area contributed by atoms with Crippen LogP contribution in [0.2, 0.25) is 0 Å². The van der Waals surface area contributed by atoms with E-state index >= 15 is 0 Å². The Bertz CT molecular complexity index is 811. The molecule has 1 heterocycles. The molecule has 2 nitrogen and oxygen atoms in total. The van der Waals surface area contributed by atoms with E-state index in [1.807, 2.05) is 24.3 Å². The Balaban J connectivity index is 1.77. The summed E-state index contributed by atoms with van der Waals surface area (Å²) in [6, 6.07) is 18.5. The molecule has 0 radical (unpaired) electrons. The van der Waals surface area contributed by atoms with E-state index in [9.17, 15) is 5.11 Å². The number of benzene rings is 2. The smallest absolute Gasteiger partial charge is 0.0940 e. The van der Waals surface area contributed by atoms with Gasteiger partial charge in [0, 0.05) is 18.0 Å². The average Bonchev–Trinajstić information content (AvgIpc) is 2.54. The van der Waals surface area contributed by atoms with E-state index in [2.05, 4.69) is 35.3 Å². The Labute approximate surface area is 124 Å². The second-order valence-corrected chi connectivity index (χ2v) is 5.89. The van der Waals surface area contributed by atoms with E-state index in [0.717, 1.165) is 29.3 Å². The average molecular weight is 275 g/mol. The maximum atomic E-state index is 11.1. The molecule has 21 heavy (non-hydrogen) atoms. The van der Waals surface area contributed by atoms with Gasteiger partial charge in [-0.05, 0) is 47.7 Å². The Hall–Kier alpha value is -2.19. The largest absolute Gasteiger partial charge is 0.385 e. The first-order chi connectivity index (χ1) is 10.2. The van der Waals surface area contributed by atoms with Gasteiger partial charge in [0.2, 0.25) is 0 Å². The Morgan fingerprint density at radius 2 is 1.81 bits per heavy atom. The Kier molecular flexibility index (Phi) is 2.79. The summed E-state index contributed by atoms with van der Waals surface area (Å²) >= 11 is 0. The van der Waals surface area contributed by atoms with Gasteiger partial charge < -0.3 is 5.11 Å². The topological polar surface area (TPSA) is 33.1 Å². The zero-order valence-electron chi connectivity index (χ0n) is 11.8. The predicted octanol–water partition coefficient (Wildman–Crippen LogP) is 3.61. The molecule has 3 aromatic rings. The molecule has 104 valence electrons. The standard InChI is InChI=1S/C19H17NO/c21-19(10-9-14-4-1-2-5-16(14)13-19)17-7-8-18-15(12-17)6-3-11-20-18/h1-8,11-12,21H,9-10,13H2. The number of pyridine rings is 1. The van der Waals surface area contributed by atoms with Gasteiger partial charge in [-0.3, -0.25) is 4.98 Å². The monoisotopic (exact) mass is 275 g/mol. The van der Waals surface area contributed by atoms with Gasteiger partial charge >= 0.3 is 0 Å². The maximum Gasteiger partial charge on any atom is 0.0940 e. The molecule has 0 amide bonds. The Morgan fingerprint density at radius 3 is 2.71 bits per heavy atom. The van der Waals surface area contributed by atoms with Crippen LogP contribution >= 0.6 is 0 Å². The van der Waals surface area contributed by atoms with Crippen molar-refractivity contribution in [3.05, 3.63) is 77.5 Å². The van der Waals surface area contributed by atoms with Gasteiger partial charge in [0.1, 0.15) is 0 Å². The van der Waals surface area contributed by atoms with Crippen molar-refractivity contribution in [3.63, 3.8) is 0 Å². The van der Waals surface area contributed by atoms with Crippen molar-refractivity contribution in [1.29, 1.82) is 0 Å². The molecule has 2 aromatic carbocycles. The van der Waals surface area contributed by atoms with Crippen molar-refractivity contribution >= 4 is 10.9 Å². The molecule has 1 unspecified atom stereocenters. The van der Waals surface area contributed by atoms with Gasteiger partial charge in [-0.15, -0.1) is 0 Å². The lowest BCUT2D eigenvalue weighted by molar-refractivity contribution is 0.0224. The third kappa shape index (κ3) is 2.12. The zero-order chi connectivity index (χ0) is 14.3. The van der Waals surface area contributed by atoms with Crippen molar-refractivity contribution in [3.8, 4) is 0 Å². The minimum Gasteiger partial charge on any atom is -0.385 e. The molecule has 0 saturated carbocycles. The summed E-state index contributed by atoms with van der Waals surface area (Å²) in [5, 5.41) is 12.2. The van der Waals surface area contributed by atoms with E-state index in [-0.39, 0.29) is 0 Å². The number of hydrogen-bond acceptors (Lipinski definition) is 2. The Morgan fingerprint density at radius 1 is 0.952 bits per heavy atom. The molecule has 4 rings (SSSR count). The van der Waals surface area contributed by atoms with E-state index < -0.39 is 5.60 Å². The highest BCUT2D eigenvalue weighted by atomic mass is 16.3. The molecule has 0 saturated heterocycles. The number of aryl methyl sites for hydroxylation is 1. The second kappa shape index (κ2) is 4.68. The lowest BCUT2D eigenvalue weighted by Crippen LogP contribution is -2.33. The first kappa shape index (κ1) is 12.5. The maximum absolute atomic E-state index is 11.1. The van der Waals surface area contributed by atoms with Crippen LogP contribution in [-0.2, 0) is 18.4 Å². The fraction of sp³-hybridized carbons (Fsp3) is 0.211. The van der Waals surface area contributed by atoms with E-state index in [1.54, 1.807) is 6.20 Å². The normalized spacial score (nSPS) is 21.2. The molecule has 0 bridgehead atoms. The summed E-state index contributed by atoms with van der Waals surface area (Å²) in [5.74, 6) is 0. The van der Waals surface area contributed by atoms with Crippen LogP contribution in [-0.4, -0.2) is 10.1 Å². The molecular formula is C19H17NO. The first-order valence-electron chi connectivity index (χ1n) is 7.39. The fourth-order valence-electron chi connectivity index (χ4n) is 3.33. The van der Waals surface area contributed by atoms with Crippen LogP contribution in [0.1, 0.15) is 23.1 Å². The second-order valence-electron chi connectivity index (χ2n) is 5.89. The third-order valence-corrected chi connectivity index (χ3v) is 4.55. The van der Waals surface area contributed by atoms with Crippen molar-refractivity contribution in [1.82, 2.24) is 4.98 Å². The van der Waals surface area contributed by atoms with Crippen molar-refractivity contribution in [2.45, 2.75) is 24.9 Å². The molecule has 1 aromatic heterocycles. The highest BCUT2D eigenvalue weighted by Crippen LogP contribution is 2.37. The van der Waals surface area contributed by atoms with Crippen LogP contribution in [0.4, 0.5) is 0 Å². The lowest BCUT2D eigenvalue weighted by atomic mass is 9.76. The number of aromatic nitrogens is 1. The molecular weight excluding hydrogens is 258 g/mol. The van der Waals surface area contributed by atoms with E-state index in [4.69, 9.17) is 0 Å². The van der Waals surface area contributed by atoms with Crippen LogP contribution in [0.3, 0.4) is 0 Å². The molecule has 1 aliphatic rings. The molecule has 2 heteroatoms. The quantitative estimate of drug-likeness (QED) is 0.736. The van der Waals surface area contributed by atoms with Crippen LogP contribution in [0.15, 0.2) is 60.8 Å². The van der Waals surface area contributed by atoms with Gasteiger partial charge in [-0.2, -0.15) is 0 Å². The molecule has 0 fully saturated rings. The summed E-state index contributed by atoms with van der Waals surface area (Å²) < 4.78 is 0. The highest BCUT2D eigenvalue weighted by molar-refractivity contribution is 5.79. The number of nitrogens with zero attached hydrogens (tertiary/aromatic N) is 1. The molecule has 1 N–H and O–H groups in total. The molecule has 1 atom stereocenters. The lowest BCUT2D eigenvalue weighted by Gasteiger charge is -2.34. The predicted molar refractivity (Wildman–Crippen MR) is 84.1 cm³/mol. The minimum absolute atomic E-state index is 0.689. The fourth-order valence-corrected chi connectivity index (χ4v) is 3.33. The van der Waals surface area contributed by atoms with Crippen LogP contribution in [0.5, 0.6) is 0 Å². The number of rotatable bonds is 1. The summed E-state index contributed by atoms with van der Waals surface area (Å²) in [6.07, 6.45) is 4.19. The summed E-state index contributed by atoms with van der Waals surface area (Å²) in [5.41, 5.74) is 3.83. The molecule has 0 aliphatic heterocycles. The highest BCUT2D eigenvalue weighted by Gasteiger charge is 2.33. The van der Waals surface area contributed by atoms with Gasteiger partial charge in [0.15, 0.2) is 0 Å². The van der Waals surface area contributed by atoms with Crippen LogP contribution in [0.25, 0.3) is 10.9 Å². The van der Waals surface area contributed by atoms with E-state index in [1.165, 1.54) is 11.1 Å². The number of fused-ring (bicyclic) bond motifs is 2. The summed E-state index contributed by atoms with van der Waals surface area (Å²) in [4.78, 5) is 4.34. The van der Waals surface area contributed by atoms with Gasteiger partial charge in [0.05, 0.1) is 11.1 Å². The molecule has 0 spiro atoms. The van der Waals surface area contributed by atoms with Gasteiger partial charge in [-0.1, -0.05) is 36.4 Å². The number of aliphatic hydroxyl groups is 1. The number of hydrogen-bond donors (Lipinski definition) is 1. The zero-order valence-corrected chi connectivity index (χ0v) is 11.8.